The van der Waals surface area contributed by atoms with Crippen molar-refractivity contribution in [1.29, 1.82) is 0 Å². The second-order valence-corrected chi connectivity index (χ2v) is 8.38. The van der Waals surface area contributed by atoms with E-state index < -0.39 is 7.12 Å². The van der Waals surface area contributed by atoms with E-state index in [1.54, 1.807) is 4.57 Å². The SMILES string of the molecule is [B]c1c([B])c([B])c2c(c1[B])c1c([B])c(B(O)O)c([B])c([B])c1n2-c1cccc(-c2ccccc2)c1. The van der Waals surface area contributed by atoms with Gasteiger partial charge in [0.1, 0.15) is 54.9 Å². The zero-order valence-corrected chi connectivity index (χ0v) is 18.7. The molecule has 0 fully saturated rings. The van der Waals surface area contributed by atoms with E-state index in [2.05, 4.69) is 0 Å². The summed E-state index contributed by atoms with van der Waals surface area (Å²) in [4.78, 5) is 0. The third-order valence-corrected chi connectivity index (χ3v) is 6.43. The lowest BCUT2D eigenvalue weighted by Gasteiger charge is -2.18. The first kappa shape index (κ1) is 23.8. The molecule has 0 aliphatic rings. The molecular weight excluding hydrogens is 421 g/mol. The Bertz CT molecular complexity index is 1650. The molecule has 3 nitrogen and oxygen atoms in total. The van der Waals surface area contributed by atoms with Crippen LogP contribution in [0.15, 0.2) is 54.6 Å². The summed E-state index contributed by atoms with van der Waals surface area (Å²) in [6, 6.07) is 17.5. The van der Waals surface area contributed by atoms with E-state index in [1.807, 2.05) is 54.6 Å². The van der Waals surface area contributed by atoms with E-state index in [4.69, 9.17) is 54.9 Å². The second kappa shape index (κ2) is 8.65. The molecule has 0 saturated heterocycles. The lowest BCUT2D eigenvalue weighted by Crippen LogP contribution is -2.56. The van der Waals surface area contributed by atoms with Gasteiger partial charge in [0, 0.05) is 16.7 Å². The molecule has 0 bridgehead atoms. The van der Waals surface area contributed by atoms with E-state index in [1.165, 1.54) is 0 Å². The predicted octanol–water partition coefficient (Wildman–Crippen LogP) is -4.31. The highest BCUT2D eigenvalue weighted by atomic mass is 16.4. The van der Waals surface area contributed by atoms with Crippen LogP contribution in [0.4, 0.5) is 0 Å². The minimum Gasteiger partial charge on any atom is -0.423 e. The maximum atomic E-state index is 9.98. The lowest BCUT2D eigenvalue weighted by atomic mass is 9.59. The van der Waals surface area contributed by atoms with Gasteiger partial charge in [-0.3, -0.25) is 0 Å². The molecule has 14 radical (unpaired) electrons. The molecular formula is C24H11B8NO2. The monoisotopic (exact) mass is 433 g/mol. The molecule has 0 unspecified atom stereocenters. The van der Waals surface area contributed by atoms with Crippen LogP contribution in [0.2, 0.25) is 0 Å². The molecule has 11 heteroatoms. The van der Waals surface area contributed by atoms with E-state index in [-0.39, 0.29) is 43.7 Å². The first-order chi connectivity index (χ1) is 16.6. The van der Waals surface area contributed by atoms with Crippen molar-refractivity contribution >= 4 is 128 Å². The minimum atomic E-state index is -1.97. The number of aromatic nitrogens is 1. The number of fused-ring (bicyclic) bond motifs is 3. The Kier molecular flexibility index (Phi) is 5.89. The van der Waals surface area contributed by atoms with Gasteiger partial charge in [-0.05, 0) is 39.5 Å². The zero-order chi connectivity index (χ0) is 25.2. The fourth-order valence-electron chi connectivity index (χ4n) is 4.70. The smallest absolute Gasteiger partial charge is 0.423 e. The zero-order valence-electron chi connectivity index (χ0n) is 18.7. The van der Waals surface area contributed by atoms with Gasteiger partial charge in [-0.15, -0.1) is 16.4 Å². The highest BCUT2D eigenvalue weighted by molar-refractivity contribution is 6.76. The van der Waals surface area contributed by atoms with E-state index in [9.17, 15) is 10.0 Å². The Morgan fingerprint density at radius 1 is 0.543 bits per heavy atom. The Morgan fingerprint density at radius 3 is 1.71 bits per heavy atom. The van der Waals surface area contributed by atoms with Crippen molar-refractivity contribution in [3.63, 3.8) is 0 Å². The summed E-state index contributed by atoms with van der Waals surface area (Å²) in [6.07, 6.45) is 0. The molecule has 5 rings (SSSR count). The number of hydrogen-bond acceptors (Lipinski definition) is 2. The molecule has 0 atom stereocenters. The Morgan fingerprint density at radius 2 is 1.09 bits per heavy atom. The third kappa shape index (κ3) is 3.48. The fraction of sp³-hybridized carbons (Fsp3) is 0. The molecule has 1 aromatic heterocycles. The molecule has 5 aromatic rings. The summed E-state index contributed by atoms with van der Waals surface area (Å²) in [6.45, 7) is 0. The largest absolute Gasteiger partial charge is 0.487 e. The Balaban J connectivity index is 2.03. The van der Waals surface area contributed by atoms with E-state index in [0.717, 1.165) is 11.1 Å². The van der Waals surface area contributed by atoms with Crippen LogP contribution < -0.4 is 43.7 Å². The molecule has 0 saturated carbocycles. The topological polar surface area (TPSA) is 45.4 Å². The van der Waals surface area contributed by atoms with Gasteiger partial charge < -0.3 is 14.6 Å². The van der Waals surface area contributed by atoms with Crippen molar-refractivity contribution in [2.24, 2.45) is 0 Å². The van der Waals surface area contributed by atoms with Gasteiger partial charge in [-0.1, -0.05) is 64.3 Å². The van der Waals surface area contributed by atoms with Crippen LogP contribution in [0, 0.1) is 0 Å². The van der Waals surface area contributed by atoms with Crippen LogP contribution in [-0.2, 0) is 0 Å². The lowest BCUT2D eigenvalue weighted by molar-refractivity contribution is 0.426. The average Bonchev–Trinajstić information content (AvgIpc) is 3.22. The van der Waals surface area contributed by atoms with Crippen LogP contribution in [0.1, 0.15) is 0 Å². The predicted molar refractivity (Wildman–Crippen MR) is 154 cm³/mol. The molecule has 0 aliphatic heterocycles. The number of hydrogen-bond donors (Lipinski definition) is 2. The van der Waals surface area contributed by atoms with Gasteiger partial charge in [0.2, 0.25) is 0 Å². The maximum Gasteiger partial charge on any atom is 0.487 e. The van der Waals surface area contributed by atoms with Gasteiger partial charge in [0.25, 0.3) is 0 Å². The quantitative estimate of drug-likeness (QED) is 0.284. The van der Waals surface area contributed by atoms with Crippen molar-refractivity contribution in [3.8, 4) is 16.8 Å². The van der Waals surface area contributed by atoms with Crippen LogP contribution >= 0.6 is 0 Å². The number of benzene rings is 4. The fourth-order valence-corrected chi connectivity index (χ4v) is 4.70. The maximum absolute atomic E-state index is 9.98. The first-order valence-corrected chi connectivity index (χ1v) is 10.7. The molecule has 2 N–H and O–H groups in total. The number of rotatable bonds is 3. The van der Waals surface area contributed by atoms with E-state index in [0.29, 0.717) is 27.5 Å². The molecule has 148 valence electrons. The minimum absolute atomic E-state index is 0.0000598. The van der Waals surface area contributed by atoms with Gasteiger partial charge in [0.15, 0.2) is 0 Å². The molecule has 0 amide bonds. The summed E-state index contributed by atoms with van der Waals surface area (Å²) in [5.74, 6) is 0. The van der Waals surface area contributed by atoms with Crippen molar-refractivity contribution in [2.75, 3.05) is 0 Å². The molecule has 4 aromatic carbocycles. The van der Waals surface area contributed by atoms with Gasteiger partial charge >= 0.3 is 7.12 Å². The van der Waals surface area contributed by atoms with Crippen LogP contribution in [-0.4, -0.2) is 76.7 Å². The molecule has 0 aliphatic carbocycles. The summed E-state index contributed by atoms with van der Waals surface area (Å²) < 4.78 is 1.77. The van der Waals surface area contributed by atoms with Crippen molar-refractivity contribution in [3.05, 3.63) is 54.6 Å². The van der Waals surface area contributed by atoms with Crippen LogP contribution in [0.5, 0.6) is 0 Å². The van der Waals surface area contributed by atoms with E-state index >= 15 is 0 Å². The summed E-state index contributed by atoms with van der Waals surface area (Å²) in [5.41, 5.74) is 3.87. The Hall–Kier alpha value is -2.88. The molecule has 1 heterocycles. The molecule has 0 spiro atoms. The normalized spacial score (nSPS) is 11.4. The first-order valence-electron chi connectivity index (χ1n) is 10.7. The van der Waals surface area contributed by atoms with Crippen LogP contribution in [0.25, 0.3) is 38.6 Å². The van der Waals surface area contributed by atoms with Crippen molar-refractivity contribution in [1.82, 2.24) is 4.57 Å². The summed E-state index contributed by atoms with van der Waals surface area (Å²) >= 11 is 0. The summed E-state index contributed by atoms with van der Waals surface area (Å²) in [7, 11) is 42.5. The van der Waals surface area contributed by atoms with Crippen molar-refractivity contribution < 1.29 is 10.0 Å². The third-order valence-electron chi connectivity index (χ3n) is 6.43. The van der Waals surface area contributed by atoms with Crippen LogP contribution in [0.3, 0.4) is 0 Å². The number of nitrogens with zero attached hydrogens (tertiary/aromatic N) is 1. The highest BCUT2D eigenvalue weighted by Gasteiger charge is 2.26. The van der Waals surface area contributed by atoms with Gasteiger partial charge in [-0.25, -0.2) is 0 Å². The highest BCUT2D eigenvalue weighted by Crippen LogP contribution is 2.29. The second-order valence-electron chi connectivity index (χ2n) is 8.38. The standard InChI is InChI=1S/C24H11B8NO2/c25-15-13-14-16(26)22(32(34)35)19(29)21(31)24(14)33(23(13)20(30)18(28)17(15)27)12-8-4-7-11(9-12)10-5-2-1-3-6-10/h1-9,34-35H. The van der Waals surface area contributed by atoms with Gasteiger partial charge in [-0.2, -0.15) is 0 Å². The van der Waals surface area contributed by atoms with Gasteiger partial charge in [0.05, 0.1) is 0 Å². The van der Waals surface area contributed by atoms with Crippen molar-refractivity contribution in [2.45, 2.75) is 0 Å². The molecule has 35 heavy (non-hydrogen) atoms. The Labute approximate surface area is 213 Å². The summed E-state index contributed by atoms with van der Waals surface area (Å²) in [5, 5.41) is 20.7. The average molecular weight is 432 g/mol.